The van der Waals surface area contributed by atoms with Gasteiger partial charge in [0.1, 0.15) is 0 Å². The first-order valence-electron chi connectivity index (χ1n) is 6.97. The number of carbonyl (C=O) groups excluding carboxylic acids is 1. The van der Waals surface area contributed by atoms with Crippen LogP contribution in [0.15, 0.2) is 48.5 Å². The molecular formula is C18H18O. The van der Waals surface area contributed by atoms with Crippen LogP contribution in [0, 0.1) is 0 Å². The predicted molar refractivity (Wildman–Crippen MR) is 77.7 cm³/mol. The Morgan fingerprint density at radius 3 is 2.53 bits per heavy atom. The van der Waals surface area contributed by atoms with Crippen molar-refractivity contribution in [1.82, 2.24) is 0 Å². The molecule has 1 unspecified atom stereocenters. The van der Waals surface area contributed by atoms with E-state index in [1.54, 1.807) is 0 Å². The lowest BCUT2D eigenvalue weighted by Crippen LogP contribution is -2.15. The number of Topliss-reactive ketones (excluding diaryl/α,β-unsaturated/α-hetero) is 1. The lowest BCUT2D eigenvalue weighted by Gasteiger charge is -2.22. The maximum absolute atomic E-state index is 12.2. The van der Waals surface area contributed by atoms with Crippen molar-refractivity contribution < 1.29 is 4.79 Å². The summed E-state index contributed by atoms with van der Waals surface area (Å²) >= 11 is 0. The topological polar surface area (TPSA) is 17.1 Å². The first kappa shape index (κ1) is 12.2. The van der Waals surface area contributed by atoms with E-state index in [9.17, 15) is 4.79 Å². The van der Waals surface area contributed by atoms with Crippen molar-refractivity contribution >= 4 is 5.78 Å². The average molecular weight is 250 g/mol. The SMILES string of the molecule is CC(c1ccccc1)c1cccc2c1C(=O)CCC2. The first-order valence-corrected chi connectivity index (χ1v) is 6.97. The van der Waals surface area contributed by atoms with E-state index in [-0.39, 0.29) is 5.92 Å². The molecule has 0 bridgehead atoms. The lowest BCUT2D eigenvalue weighted by atomic mass is 9.81. The van der Waals surface area contributed by atoms with E-state index in [1.807, 2.05) is 6.07 Å². The Hall–Kier alpha value is -1.89. The molecule has 1 atom stereocenters. The van der Waals surface area contributed by atoms with Gasteiger partial charge in [-0.05, 0) is 29.5 Å². The molecule has 0 saturated heterocycles. The van der Waals surface area contributed by atoms with E-state index in [0.717, 1.165) is 18.4 Å². The van der Waals surface area contributed by atoms with Crippen LogP contribution in [0.1, 0.15) is 52.7 Å². The molecule has 0 amide bonds. The first-order chi connectivity index (χ1) is 9.27. The minimum Gasteiger partial charge on any atom is -0.294 e. The molecule has 19 heavy (non-hydrogen) atoms. The Balaban J connectivity index is 2.09. The minimum atomic E-state index is 0.276. The van der Waals surface area contributed by atoms with Crippen molar-refractivity contribution in [2.45, 2.75) is 32.1 Å². The summed E-state index contributed by atoms with van der Waals surface area (Å²) in [5.74, 6) is 0.595. The van der Waals surface area contributed by atoms with Crippen LogP contribution in [0.3, 0.4) is 0 Å². The third-order valence-corrected chi connectivity index (χ3v) is 4.08. The molecule has 0 saturated carbocycles. The van der Waals surface area contributed by atoms with Crippen molar-refractivity contribution in [3.8, 4) is 0 Å². The second-order valence-corrected chi connectivity index (χ2v) is 5.29. The highest BCUT2D eigenvalue weighted by Gasteiger charge is 2.23. The molecule has 0 heterocycles. The third kappa shape index (κ3) is 2.21. The van der Waals surface area contributed by atoms with Gasteiger partial charge in [-0.2, -0.15) is 0 Å². The number of hydrogen-bond acceptors (Lipinski definition) is 1. The molecule has 2 aromatic carbocycles. The van der Waals surface area contributed by atoms with Crippen LogP contribution in [0.25, 0.3) is 0 Å². The third-order valence-electron chi connectivity index (χ3n) is 4.08. The highest BCUT2D eigenvalue weighted by Crippen LogP contribution is 2.32. The molecule has 1 nitrogen and oxygen atoms in total. The Morgan fingerprint density at radius 1 is 0.947 bits per heavy atom. The summed E-state index contributed by atoms with van der Waals surface area (Å²) in [7, 11) is 0. The average Bonchev–Trinajstić information content (AvgIpc) is 2.47. The second-order valence-electron chi connectivity index (χ2n) is 5.29. The van der Waals surface area contributed by atoms with Crippen LogP contribution in [0.5, 0.6) is 0 Å². The van der Waals surface area contributed by atoms with Crippen molar-refractivity contribution in [2.75, 3.05) is 0 Å². The molecule has 1 heteroatoms. The predicted octanol–water partition coefficient (Wildman–Crippen LogP) is 4.36. The molecule has 0 spiro atoms. The summed E-state index contributed by atoms with van der Waals surface area (Å²) in [6, 6.07) is 16.7. The monoisotopic (exact) mass is 250 g/mol. The smallest absolute Gasteiger partial charge is 0.163 e. The number of carbonyl (C=O) groups is 1. The van der Waals surface area contributed by atoms with Gasteiger partial charge in [-0.3, -0.25) is 4.79 Å². The van der Waals surface area contributed by atoms with Crippen molar-refractivity contribution in [3.63, 3.8) is 0 Å². The maximum Gasteiger partial charge on any atom is 0.163 e. The van der Waals surface area contributed by atoms with Gasteiger partial charge in [0, 0.05) is 17.9 Å². The fraction of sp³-hybridized carbons (Fsp3) is 0.278. The zero-order valence-electron chi connectivity index (χ0n) is 11.2. The molecule has 3 rings (SSSR count). The fourth-order valence-electron chi connectivity index (χ4n) is 3.01. The van der Waals surface area contributed by atoms with Gasteiger partial charge in [0.05, 0.1) is 0 Å². The molecule has 0 fully saturated rings. The van der Waals surface area contributed by atoms with Crippen LogP contribution in [-0.2, 0) is 6.42 Å². The number of fused-ring (bicyclic) bond motifs is 1. The second kappa shape index (κ2) is 5.00. The molecule has 0 aromatic heterocycles. The van der Waals surface area contributed by atoms with E-state index in [4.69, 9.17) is 0 Å². The number of rotatable bonds is 2. The van der Waals surface area contributed by atoms with Gasteiger partial charge in [0.25, 0.3) is 0 Å². The van der Waals surface area contributed by atoms with Gasteiger partial charge >= 0.3 is 0 Å². The standard InChI is InChI=1S/C18H18O/c1-13(14-7-3-2-4-8-14)16-11-5-9-15-10-6-12-17(19)18(15)16/h2-5,7-9,11,13H,6,10,12H2,1H3. The minimum absolute atomic E-state index is 0.276. The summed E-state index contributed by atoms with van der Waals surface area (Å²) in [6.45, 7) is 2.19. The largest absolute Gasteiger partial charge is 0.294 e. The number of ketones is 1. The zero-order valence-corrected chi connectivity index (χ0v) is 11.2. The molecule has 1 aliphatic rings. The summed E-state index contributed by atoms with van der Waals surface area (Å²) in [6.07, 6.45) is 2.73. The summed E-state index contributed by atoms with van der Waals surface area (Å²) < 4.78 is 0. The number of benzene rings is 2. The number of aryl methyl sites for hydroxylation is 1. The number of hydrogen-bond donors (Lipinski definition) is 0. The molecule has 96 valence electrons. The molecule has 0 N–H and O–H groups in total. The Morgan fingerprint density at radius 2 is 1.74 bits per heavy atom. The quantitative estimate of drug-likeness (QED) is 0.774. The van der Waals surface area contributed by atoms with Crippen LogP contribution < -0.4 is 0 Å². The van der Waals surface area contributed by atoms with E-state index in [1.165, 1.54) is 16.7 Å². The van der Waals surface area contributed by atoms with E-state index >= 15 is 0 Å². The molecular weight excluding hydrogens is 232 g/mol. The molecule has 0 aliphatic heterocycles. The van der Waals surface area contributed by atoms with Crippen LogP contribution in [0.2, 0.25) is 0 Å². The van der Waals surface area contributed by atoms with Crippen LogP contribution >= 0.6 is 0 Å². The fourth-order valence-corrected chi connectivity index (χ4v) is 3.01. The van der Waals surface area contributed by atoms with Crippen LogP contribution in [0.4, 0.5) is 0 Å². The maximum atomic E-state index is 12.2. The Bertz CT molecular complexity index is 598. The van der Waals surface area contributed by atoms with Gasteiger partial charge in [-0.1, -0.05) is 55.5 Å². The summed E-state index contributed by atoms with van der Waals surface area (Å²) in [5.41, 5.74) is 4.68. The molecule has 0 radical (unpaired) electrons. The van der Waals surface area contributed by atoms with Gasteiger partial charge < -0.3 is 0 Å². The Kier molecular flexibility index (Phi) is 3.20. The lowest BCUT2D eigenvalue weighted by molar-refractivity contribution is 0.0971. The van der Waals surface area contributed by atoms with Gasteiger partial charge in [-0.15, -0.1) is 0 Å². The zero-order chi connectivity index (χ0) is 13.2. The van der Waals surface area contributed by atoms with Crippen molar-refractivity contribution in [1.29, 1.82) is 0 Å². The van der Waals surface area contributed by atoms with Gasteiger partial charge in [0.2, 0.25) is 0 Å². The van der Waals surface area contributed by atoms with Crippen molar-refractivity contribution in [3.05, 3.63) is 70.8 Å². The molecule has 1 aliphatic carbocycles. The van der Waals surface area contributed by atoms with Crippen LogP contribution in [-0.4, -0.2) is 5.78 Å². The van der Waals surface area contributed by atoms with Gasteiger partial charge in [-0.25, -0.2) is 0 Å². The highest BCUT2D eigenvalue weighted by atomic mass is 16.1. The molecule has 2 aromatic rings. The van der Waals surface area contributed by atoms with E-state index in [0.29, 0.717) is 12.2 Å². The summed E-state index contributed by atoms with van der Waals surface area (Å²) in [4.78, 5) is 12.2. The van der Waals surface area contributed by atoms with E-state index in [2.05, 4.69) is 49.4 Å². The van der Waals surface area contributed by atoms with Gasteiger partial charge in [0.15, 0.2) is 5.78 Å². The van der Waals surface area contributed by atoms with Crippen molar-refractivity contribution in [2.24, 2.45) is 0 Å². The van der Waals surface area contributed by atoms with E-state index < -0.39 is 0 Å². The summed E-state index contributed by atoms with van der Waals surface area (Å²) in [5, 5.41) is 0. The highest BCUT2D eigenvalue weighted by molar-refractivity contribution is 6.00. The Labute approximate surface area is 114 Å². The normalized spacial score (nSPS) is 15.9.